The van der Waals surface area contributed by atoms with E-state index in [1.54, 1.807) is 80.8 Å². The minimum absolute atomic E-state index is 0.134. The predicted molar refractivity (Wildman–Crippen MR) is 163 cm³/mol. The van der Waals surface area contributed by atoms with Gasteiger partial charge in [0.1, 0.15) is 18.8 Å². The standard InChI is InChI=1S/C31H32N6O7/c1-5-43-29(38)19-36(20-30(39)44-6-2)35(3)26-11-9-15-33-31(26)25-17-22(16-24(34-25)23-10-7-8-14-32-23)21-12-13-28(42-4)27(18-21)37(40)41/h7-18H,5-6,19-20H2,1-4H3. The first-order valence-corrected chi connectivity index (χ1v) is 13.8. The van der Waals surface area contributed by atoms with E-state index >= 15 is 0 Å². The molecule has 13 nitrogen and oxygen atoms in total. The van der Waals surface area contributed by atoms with Crippen molar-refractivity contribution in [1.82, 2.24) is 20.0 Å². The van der Waals surface area contributed by atoms with Gasteiger partial charge < -0.3 is 19.2 Å². The van der Waals surface area contributed by atoms with E-state index in [0.717, 1.165) is 0 Å². The van der Waals surface area contributed by atoms with Crippen LogP contribution in [-0.4, -0.2) is 77.3 Å². The van der Waals surface area contributed by atoms with Crippen molar-refractivity contribution in [2.45, 2.75) is 13.8 Å². The predicted octanol–water partition coefficient (Wildman–Crippen LogP) is 4.57. The zero-order valence-electron chi connectivity index (χ0n) is 24.8. The molecule has 228 valence electrons. The number of ether oxygens (including phenoxy) is 3. The second-order valence-electron chi connectivity index (χ2n) is 9.31. The lowest BCUT2D eigenvalue weighted by atomic mass is 10.0. The highest BCUT2D eigenvalue weighted by Crippen LogP contribution is 2.36. The van der Waals surface area contributed by atoms with Crippen molar-refractivity contribution in [3.63, 3.8) is 0 Å². The monoisotopic (exact) mass is 600 g/mol. The number of nitrogens with zero attached hydrogens (tertiary/aromatic N) is 6. The van der Waals surface area contributed by atoms with Crippen molar-refractivity contribution in [1.29, 1.82) is 0 Å². The smallest absolute Gasteiger partial charge is 0.322 e. The Morgan fingerprint density at radius 1 is 0.841 bits per heavy atom. The van der Waals surface area contributed by atoms with Crippen molar-refractivity contribution < 1.29 is 28.7 Å². The number of methoxy groups -OCH3 is 1. The van der Waals surface area contributed by atoms with Gasteiger partial charge in [0.15, 0.2) is 5.75 Å². The second kappa shape index (κ2) is 14.6. The molecule has 0 aliphatic carbocycles. The Morgan fingerprint density at radius 2 is 1.52 bits per heavy atom. The largest absolute Gasteiger partial charge is 0.490 e. The molecule has 4 aromatic rings. The fraction of sp³-hybridized carbons (Fsp3) is 0.258. The number of nitro groups is 1. The lowest BCUT2D eigenvalue weighted by Crippen LogP contribution is -2.47. The summed E-state index contributed by atoms with van der Waals surface area (Å²) in [6.45, 7) is 3.33. The van der Waals surface area contributed by atoms with Gasteiger partial charge in [-0.1, -0.05) is 12.1 Å². The van der Waals surface area contributed by atoms with Crippen LogP contribution in [0.3, 0.4) is 0 Å². The molecule has 44 heavy (non-hydrogen) atoms. The molecule has 3 heterocycles. The minimum Gasteiger partial charge on any atom is -0.490 e. The number of anilines is 1. The van der Waals surface area contributed by atoms with Crippen LogP contribution in [0.1, 0.15) is 13.8 Å². The molecule has 3 aromatic heterocycles. The van der Waals surface area contributed by atoms with Gasteiger partial charge in [0, 0.05) is 25.5 Å². The number of hydrazine groups is 1. The number of rotatable bonds is 13. The van der Waals surface area contributed by atoms with Crippen LogP contribution < -0.4 is 9.75 Å². The highest BCUT2D eigenvalue weighted by molar-refractivity contribution is 5.81. The molecule has 0 atom stereocenters. The summed E-state index contributed by atoms with van der Waals surface area (Å²) < 4.78 is 15.5. The normalized spacial score (nSPS) is 10.8. The summed E-state index contributed by atoms with van der Waals surface area (Å²) in [6.07, 6.45) is 3.24. The topological polar surface area (TPSA) is 150 Å². The highest BCUT2D eigenvalue weighted by atomic mass is 16.6. The average Bonchev–Trinajstić information content (AvgIpc) is 3.04. The van der Waals surface area contributed by atoms with Crippen LogP contribution in [0.5, 0.6) is 5.75 Å². The SMILES string of the molecule is CCOC(=O)CN(CC(=O)OCC)N(C)c1cccnc1-c1cc(-c2ccc(OC)c([N+](=O)[O-])c2)cc(-c2ccccn2)n1. The zero-order chi connectivity index (χ0) is 31.6. The van der Waals surface area contributed by atoms with Crippen molar-refractivity contribution in [2.24, 2.45) is 0 Å². The van der Waals surface area contributed by atoms with Gasteiger partial charge in [0.2, 0.25) is 0 Å². The molecule has 0 unspecified atom stereocenters. The first kappa shape index (κ1) is 31.5. The van der Waals surface area contributed by atoms with Gasteiger partial charge in [-0.3, -0.25) is 29.7 Å². The van der Waals surface area contributed by atoms with E-state index in [2.05, 4.69) is 9.97 Å². The van der Waals surface area contributed by atoms with Crippen LogP contribution in [0.15, 0.2) is 73.1 Å². The molecule has 0 spiro atoms. The van der Waals surface area contributed by atoms with Crippen LogP contribution in [0.25, 0.3) is 33.9 Å². The van der Waals surface area contributed by atoms with Crippen molar-refractivity contribution >= 4 is 23.3 Å². The molecule has 0 aliphatic heterocycles. The summed E-state index contributed by atoms with van der Waals surface area (Å²) in [4.78, 5) is 50.1. The third kappa shape index (κ3) is 7.50. The van der Waals surface area contributed by atoms with Crippen LogP contribution in [0.2, 0.25) is 0 Å². The van der Waals surface area contributed by atoms with E-state index in [0.29, 0.717) is 39.6 Å². The number of carbonyl (C=O) groups excluding carboxylic acids is 2. The summed E-state index contributed by atoms with van der Waals surface area (Å²) in [5, 5.41) is 14.9. The Bertz CT molecular complexity index is 1610. The van der Waals surface area contributed by atoms with Crippen LogP contribution >= 0.6 is 0 Å². The van der Waals surface area contributed by atoms with Gasteiger partial charge in [-0.05, 0) is 67.4 Å². The van der Waals surface area contributed by atoms with Crippen LogP contribution in [0, 0.1) is 10.1 Å². The second-order valence-corrected chi connectivity index (χ2v) is 9.31. The Hall–Kier alpha value is -5.43. The number of carbonyl (C=O) groups is 2. The summed E-state index contributed by atoms with van der Waals surface area (Å²) >= 11 is 0. The molecule has 0 fully saturated rings. The third-order valence-electron chi connectivity index (χ3n) is 6.50. The average molecular weight is 601 g/mol. The maximum absolute atomic E-state index is 12.5. The molecule has 0 saturated heterocycles. The summed E-state index contributed by atoms with van der Waals surface area (Å²) in [5.41, 5.74) is 3.45. The van der Waals surface area contributed by atoms with Gasteiger partial charge in [-0.2, -0.15) is 5.01 Å². The van der Waals surface area contributed by atoms with E-state index in [-0.39, 0.29) is 37.7 Å². The molecule has 0 aliphatic rings. The van der Waals surface area contributed by atoms with Gasteiger partial charge in [-0.25, -0.2) is 4.98 Å². The molecule has 4 rings (SSSR count). The number of aromatic nitrogens is 3. The first-order valence-electron chi connectivity index (χ1n) is 13.8. The Labute approximate surface area is 254 Å². The number of esters is 2. The number of hydrogen-bond donors (Lipinski definition) is 0. The van der Waals surface area contributed by atoms with E-state index in [1.807, 2.05) is 6.07 Å². The Balaban J connectivity index is 1.86. The molecule has 1 aromatic carbocycles. The molecule has 0 radical (unpaired) electrons. The number of nitro benzene ring substituents is 1. The minimum atomic E-state index is -0.521. The fourth-order valence-corrected chi connectivity index (χ4v) is 4.46. The van der Waals surface area contributed by atoms with E-state index in [4.69, 9.17) is 19.2 Å². The van der Waals surface area contributed by atoms with E-state index in [9.17, 15) is 19.7 Å². The highest BCUT2D eigenvalue weighted by Gasteiger charge is 2.24. The molecule has 13 heteroatoms. The fourth-order valence-electron chi connectivity index (χ4n) is 4.46. The molecule has 0 amide bonds. The third-order valence-corrected chi connectivity index (χ3v) is 6.50. The Morgan fingerprint density at radius 3 is 2.14 bits per heavy atom. The van der Waals surface area contributed by atoms with Gasteiger partial charge in [0.25, 0.3) is 0 Å². The summed E-state index contributed by atoms with van der Waals surface area (Å²) in [5.74, 6) is -0.907. The van der Waals surface area contributed by atoms with Crippen LogP contribution in [0.4, 0.5) is 11.4 Å². The first-order chi connectivity index (χ1) is 21.2. The van der Waals surface area contributed by atoms with Gasteiger partial charge in [0.05, 0.1) is 48.0 Å². The quantitative estimate of drug-likeness (QED) is 0.120. The number of pyridine rings is 3. The maximum atomic E-state index is 12.5. The lowest BCUT2D eigenvalue weighted by molar-refractivity contribution is -0.385. The molecule has 0 N–H and O–H groups in total. The summed E-state index contributed by atoms with van der Waals surface area (Å²) in [7, 11) is 3.06. The lowest BCUT2D eigenvalue weighted by Gasteiger charge is -2.32. The van der Waals surface area contributed by atoms with Crippen molar-refractivity contribution in [2.75, 3.05) is 45.5 Å². The Kier molecular flexibility index (Phi) is 10.5. The molecular weight excluding hydrogens is 568 g/mol. The number of hydrogen-bond acceptors (Lipinski definition) is 12. The van der Waals surface area contributed by atoms with E-state index in [1.165, 1.54) is 24.3 Å². The van der Waals surface area contributed by atoms with Crippen molar-refractivity contribution in [3.05, 3.63) is 83.2 Å². The molecular formula is C31H32N6O7. The number of benzene rings is 1. The zero-order valence-corrected chi connectivity index (χ0v) is 24.8. The van der Waals surface area contributed by atoms with Gasteiger partial charge >= 0.3 is 17.6 Å². The molecule has 0 bridgehead atoms. The maximum Gasteiger partial charge on any atom is 0.322 e. The molecule has 0 saturated carbocycles. The van der Waals surface area contributed by atoms with Crippen LogP contribution in [-0.2, 0) is 19.1 Å². The van der Waals surface area contributed by atoms with Gasteiger partial charge in [-0.15, -0.1) is 0 Å². The van der Waals surface area contributed by atoms with E-state index < -0.39 is 16.9 Å². The summed E-state index contributed by atoms with van der Waals surface area (Å²) in [6, 6.07) is 17.2. The van der Waals surface area contributed by atoms with Crippen molar-refractivity contribution in [3.8, 4) is 39.7 Å².